The van der Waals surface area contributed by atoms with E-state index in [1.54, 1.807) is 38.3 Å². The number of amides is 1. The summed E-state index contributed by atoms with van der Waals surface area (Å²) in [7, 11) is 1.56. The van der Waals surface area contributed by atoms with Gasteiger partial charge in [0.05, 0.1) is 13.7 Å². The molecule has 2 aromatic carbocycles. The maximum Gasteiger partial charge on any atom is 0.287 e. The lowest BCUT2D eigenvalue weighted by Gasteiger charge is -2.10. The summed E-state index contributed by atoms with van der Waals surface area (Å²) in [5.41, 5.74) is 0.702. The van der Waals surface area contributed by atoms with Crippen LogP contribution in [0.4, 0.5) is 4.39 Å². The summed E-state index contributed by atoms with van der Waals surface area (Å²) in [4.78, 5) is 12.3. The number of carbonyl (C=O) groups is 1. The summed E-state index contributed by atoms with van der Waals surface area (Å²) < 4.78 is 29.9. The van der Waals surface area contributed by atoms with Gasteiger partial charge in [-0.05, 0) is 25.1 Å². The molecule has 130 valence electrons. The molecule has 0 atom stereocenters. The molecule has 0 bridgehead atoms. The molecule has 0 aliphatic carbocycles. The van der Waals surface area contributed by atoms with E-state index in [1.165, 1.54) is 6.07 Å². The molecule has 0 fully saturated rings. The molecule has 3 rings (SSSR count). The first kappa shape index (κ1) is 16.8. The lowest BCUT2D eigenvalue weighted by Crippen LogP contribution is -2.28. The second-order valence-electron chi connectivity index (χ2n) is 5.43. The number of methoxy groups -OCH3 is 1. The first-order chi connectivity index (χ1) is 12.1. The van der Waals surface area contributed by atoms with Crippen LogP contribution in [0, 0.1) is 12.7 Å². The van der Waals surface area contributed by atoms with Crippen molar-refractivity contribution in [2.45, 2.75) is 6.92 Å². The largest absolute Gasteiger partial charge is 0.493 e. The monoisotopic (exact) mass is 343 g/mol. The zero-order valence-corrected chi connectivity index (χ0v) is 14.0. The minimum absolute atomic E-state index is 0.0930. The minimum Gasteiger partial charge on any atom is -0.493 e. The quantitative estimate of drug-likeness (QED) is 0.693. The van der Waals surface area contributed by atoms with Gasteiger partial charge in [0.2, 0.25) is 0 Å². The van der Waals surface area contributed by atoms with Crippen molar-refractivity contribution in [2.24, 2.45) is 0 Å². The highest BCUT2D eigenvalue weighted by Crippen LogP contribution is 2.27. The number of carbonyl (C=O) groups excluding carboxylic acids is 1. The number of rotatable bonds is 6. The van der Waals surface area contributed by atoms with Gasteiger partial charge in [-0.25, -0.2) is 4.39 Å². The molecule has 0 spiro atoms. The van der Waals surface area contributed by atoms with Crippen molar-refractivity contribution in [1.82, 2.24) is 5.32 Å². The number of hydrogen-bond acceptors (Lipinski definition) is 4. The third kappa shape index (κ3) is 3.42. The van der Waals surface area contributed by atoms with Gasteiger partial charge in [0, 0.05) is 10.9 Å². The molecule has 1 aromatic heterocycles. The lowest BCUT2D eigenvalue weighted by atomic mass is 10.1. The molecule has 0 aliphatic rings. The Bertz CT molecular complexity index is 904. The Labute approximate surface area is 144 Å². The molecular weight excluding hydrogens is 325 g/mol. The van der Waals surface area contributed by atoms with Gasteiger partial charge in [-0.1, -0.05) is 24.3 Å². The number of para-hydroxylation sites is 3. The maximum atomic E-state index is 13.8. The first-order valence-electron chi connectivity index (χ1n) is 7.83. The zero-order valence-electron chi connectivity index (χ0n) is 14.0. The van der Waals surface area contributed by atoms with E-state index in [1.807, 2.05) is 12.1 Å². The Morgan fingerprint density at radius 1 is 1.16 bits per heavy atom. The highest BCUT2D eigenvalue weighted by Gasteiger charge is 2.19. The van der Waals surface area contributed by atoms with E-state index in [-0.39, 0.29) is 24.5 Å². The smallest absolute Gasteiger partial charge is 0.287 e. The number of nitrogens with one attached hydrogen (secondary N) is 1. The SMILES string of the molecule is COc1ccccc1OCCNC(=O)c1oc2c(F)cccc2c1C. The second kappa shape index (κ2) is 7.25. The van der Waals surface area contributed by atoms with E-state index in [4.69, 9.17) is 13.9 Å². The standard InChI is InChI=1S/C19H18FNO4/c1-12-13-6-5-7-14(20)18(13)25-17(12)19(22)21-10-11-24-16-9-4-3-8-15(16)23-2/h3-9H,10-11H2,1-2H3,(H,21,22). The molecule has 0 saturated heterocycles. The van der Waals surface area contributed by atoms with E-state index in [2.05, 4.69) is 5.32 Å². The molecule has 1 N–H and O–H groups in total. The number of furan rings is 1. The minimum atomic E-state index is -0.487. The van der Waals surface area contributed by atoms with Crippen LogP contribution in [0.3, 0.4) is 0 Å². The summed E-state index contributed by atoms with van der Waals surface area (Å²) in [5.74, 6) is 0.437. The van der Waals surface area contributed by atoms with Crippen molar-refractivity contribution in [3.63, 3.8) is 0 Å². The van der Waals surface area contributed by atoms with Gasteiger partial charge in [0.1, 0.15) is 6.61 Å². The summed E-state index contributed by atoms with van der Waals surface area (Å²) in [5, 5.41) is 3.30. The number of benzene rings is 2. The fraction of sp³-hybridized carbons (Fsp3) is 0.211. The van der Waals surface area contributed by atoms with E-state index in [0.29, 0.717) is 22.4 Å². The number of ether oxygens (including phenoxy) is 2. The summed E-state index contributed by atoms with van der Waals surface area (Å²) in [6.07, 6.45) is 0. The summed E-state index contributed by atoms with van der Waals surface area (Å²) in [6.45, 7) is 2.26. The Hall–Kier alpha value is -3.02. The molecule has 0 radical (unpaired) electrons. The summed E-state index contributed by atoms with van der Waals surface area (Å²) in [6, 6.07) is 11.9. The molecule has 5 nitrogen and oxygen atoms in total. The lowest BCUT2D eigenvalue weighted by molar-refractivity contribution is 0.0920. The van der Waals surface area contributed by atoms with Gasteiger partial charge in [0.25, 0.3) is 5.91 Å². The average molecular weight is 343 g/mol. The topological polar surface area (TPSA) is 60.7 Å². The molecule has 0 unspecified atom stereocenters. The van der Waals surface area contributed by atoms with Crippen LogP contribution in [-0.2, 0) is 0 Å². The molecule has 3 aromatic rings. The highest BCUT2D eigenvalue weighted by molar-refractivity contribution is 5.98. The van der Waals surface area contributed by atoms with Gasteiger partial charge in [0.15, 0.2) is 28.7 Å². The average Bonchev–Trinajstić information content (AvgIpc) is 2.97. The van der Waals surface area contributed by atoms with E-state index in [9.17, 15) is 9.18 Å². The van der Waals surface area contributed by atoms with E-state index < -0.39 is 11.7 Å². The fourth-order valence-corrected chi connectivity index (χ4v) is 2.57. The predicted molar refractivity (Wildman–Crippen MR) is 91.7 cm³/mol. The van der Waals surface area contributed by atoms with Crippen LogP contribution < -0.4 is 14.8 Å². The Morgan fingerprint density at radius 3 is 2.64 bits per heavy atom. The Morgan fingerprint density at radius 2 is 1.92 bits per heavy atom. The third-order valence-electron chi connectivity index (χ3n) is 3.84. The Kier molecular flexibility index (Phi) is 4.88. The van der Waals surface area contributed by atoms with Crippen LogP contribution >= 0.6 is 0 Å². The molecular formula is C19H18FNO4. The van der Waals surface area contributed by atoms with E-state index >= 15 is 0 Å². The summed E-state index contributed by atoms with van der Waals surface area (Å²) >= 11 is 0. The van der Waals surface area contributed by atoms with Crippen LogP contribution in [0.5, 0.6) is 11.5 Å². The van der Waals surface area contributed by atoms with Crippen molar-refractivity contribution in [3.05, 3.63) is 59.6 Å². The predicted octanol–water partition coefficient (Wildman–Crippen LogP) is 3.70. The van der Waals surface area contributed by atoms with Crippen molar-refractivity contribution in [2.75, 3.05) is 20.3 Å². The van der Waals surface area contributed by atoms with Crippen LogP contribution in [-0.4, -0.2) is 26.2 Å². The van der Waals surface area contributed by atoms with Crippen LogP contribution in [0.25, 0.3) is 11.0 Å². The number of halogens is 1. The number of aryl methyl sites for hydroxylation is 1. The van der Waals surface area contributed by atoms with Gasteiger partial charge in [-0.15, -0.1) is 0 Å². The third-order valence-corrected chi connectivity index (χ3v) is 3.84. The Balaban J connectivity index is 1.62. The normalized spacial score (nSPS) is 10.7. The van der Waals surface area contributed by atoms with Crippen molar-refractivity contribution < 1.29 is 23.1 Å². The van der Waals surface area contributed by atoms with Gasteiger partial charge >= 0.3 is 0 Å². The number of fused-ring (bicyclic) bond motifs is 1. The second-order valence-corrected chi connectivity index (χ2v) is 5.43. The van der Waals surface area contributed by atoms with Crippen LogP contribution in [0.2, 0.25) is 0 Å². The molecule has 1 heterocycles. The maximum absolute atomic E-state index is 13.8. The molecule has 6 heteroatoms. The first-order valence-corrected chi connectivity index (χ1v) is 7.83. The van der Waals surface area contributed by atoms with Crippen molar-refractivity contribution >= 4 is 16.9 Å². The van der Waals surface area contributed by atoms with Gasteiger partial charge in [-0.3, -0.25) is 4.79 Å². The molecule has 1 amide bonds. The fourth-order valence-electron chi connectivity index (χ4n) is 2.57. The zero-order chi connectivity index (χ0) is 17.8. The van der Waals surface area contributed by atoms with Gasteiger partial charge < -0.3 is 19.2 Å². The highest BCUT2D eigenvalue weighted by atomic mass is 19.1. The van der Waals surface area contributed by atoms with Crippen LogP contribution in [0.1, 0.15) is 16.1 Å². The van der Waals surface area contributed by atoms with E-state index in [0.717, 1.165) is 0 Å². The molecule has 0 aliphatic heterocycles. The van der Waals surface area contributed by atoms with Gasteiger partial charge in [-0.2, -0.15) is 0 Å². The van der Waals surface area contributed by atoms with Crippen molar-refractivity contribution in [1.29, 1.82) is 0 Å². The molecule has 25 heavy (non-hydrogen) atoms. The van der Waals surface area contributed by atoms with Crippen molar-refractivity contribution in [3.8, 4) is 11.5 Å². The van der Waals surface area contributed by atoms with Crippen LogP contribution in [0.15, 0.2) is 46.9 Å². The number of hydrogen-bond donors (Lipinski definition) is 1. The molecule has 0 saturated carbocycles.